The van der Waals surface area contributed by atoms with Gasteiger partial charge in [-0.15, -0.1) is 0 Å². The van der Waals surface area contributed by atoms with Crippen molar-refractivity contribution in [3.05, 3.63) is 205 Å². The van der Waals surface area contributed by atoms with Crippen LogP contribution >= 0.6 is 0 Å². The summed E-state index contributed by atoms with van der Waals surface area (Å²) >= 11 is 0. The third kappa shape index (κ3) is 6.20. The highest BCUT2D eigenvalue weighted by Crippen LogP contribution is 2.47. The SMILES string of the molecule is [2H]c1c([2H])c([2H])c2c(-c3ccc4ccc5ccc(-c6c7c([2H])c([2H])c([2H])c([2H])c7c(-c7cccc(C(C)(C)C)c7)c7c([2H])c([2H])c([2H])c([2H])c67)cc5c4c3)c3c([2H])c([2H])c([2H])c([2H])c3c(-c3cccc(C(C)(C)C)c3)c2c1[2H]. The monoisotopic (exact) mass is 810 g/mol. The third-order valence-corrected chi connectivity index (χ3v) is 12.2. The average molecular weight is 811 g/mol. The van der Waals surface area contributed by atoms with Gasteiger partial charge >= 0.3 is 0 Å². The molecule has 0 heteroatoms. The van der Waals surface area contributed by atoms with E-state index in [1.165, 1.54) is 0 Å². The highest BCUT2D eigenvalue weighted by atomic mass is 14.3. The zero-order valence-electron chi connectivity index (χ0n) is 51.2. The van der Waals surface area contributed by atoms with Crippen LogP contribution in [0.3, 0.4) is 0 Å². The maximum absolute atomic E-state index is 9.60. The highest BCUT2D eigenvalue weighted by molar-refractivity contribution is 6.24. The molecule has 0 aliphatic rings. The molecule has 0 nitrogen and oxygen atoms in total. The van der Waals surface area contributed by atoms with Crippen LogP contribution in [0.2, 0.25) is 0 Å². The van der Waals surface area contributed by atoms with Crippen LogP contribution in [0.4, 0.5) is 0 Å². The number of rotatable bonds is 4. The van der Waals surface area contributed by atoms with E-state index in [0.29, 0.717) is 43.8 Å². The molecule has 0 radical (unpaired) electrons. The first kappa shape index (κ1) is 24.4. The standard InChI is InChI=1S/C62H50/c1-61(2,3)45-19-15-17-41(35-45)57-47-21-7-11-25-51(47)59(52-26-12-8-22-48(52)57)43-33-31-39-29-30-40-32-34-44(38-56(40)55(39)37-43)60-53-27-13-9-23-49(53)58(50-24-10-14-28-54(50)60)42-18-16-20-46(36-42)62(4,5)6/h7-38H,1-6H3/i7D,8D,9D,10D,11D,12D,13D,14D,21D,22D,23D,24D,25D,26D,27D,28D. The fourth-order valence-corrected chi connectivity index (χ4v) is 9.05. The predicted octanol–water partition coefficient (Wildman–Crippen LogP) is 17.9. The van der Waals surface area contributed by atoms with Crippen LogP contribution in [0, 0.1) is 0 Å². The molecule has 0 aliphatic heterocycles. The van der Waals surface area contributed by atoms with E-state index in [4.69, 9.17) is 11.0 Å². The lowest BCUT2D eigenvalue weighted by atomic mass is 9.82. The molecule has 298 valence electrons. The molecular weight excluding hydrogens is 745 g/mol. The van der Waals surface area contributed by atoms with Gasteiger partial charge in [-0.05, 0) is 143 Å². The van der Waals surface area contributed by atoms with Gasteiger partial charge in [0.15, 0.2) is 0 Å². The van der Waals surface area contributed by atoms with Crippen LogP contribution < -0.4 is 0 Å². The van der Waals surface area contributed by atoms with Crippen molar-refractivity contribution in [1.82, 2.24) is 0 Å². The van der Waals surface area contributed by atoms with Crippen LogP contribution in [0.15, 0.2) is 194 Å². The molecule has 0 atom stereocenters. The first-order valence-corrected chi connectivity index (χ1v) is 20.8. The van der Waals surface area contributed by atoms with Crippen molar-refractivity contribution < 1.29 is 21.9 Å². The lowest BCUT2D eigenvalue weighted by Crippen LogP contribution is -2.10. The Morgan fingerprint density at radius 1 is 0.290 bits per heavy atom. The van der Waals surface area contributed by atoms with E-state index in [-0.39, 0.29) is 100 Å². The molecule has 0 N–H and O–H groups in total. The first-order chi connectivity index (χ1) is 36.7. The summed E-state index contributed by atoms with van der Waals surface area (Å²) < 4.78 is 148. The molecule has 0 heterocycles. The quantitative estimate of drug-likeness (QED) is 0.123. The van der Waals surface area contributed by atoms with E-state index in [0.717, 1.165) is 11.1 Å². The lowest BCUT2D eigenvalue weighted by Gasteiger charge is -2.22. The van der Waals surface area contributed by atoms with Crippen molar-refractivity contribution in [3.8, 4) is 44.5 Å². The summed E-state index contributed by atoms with van der Waals surface area (Å²) in [5.41, 5.74) is 3.68. The molecule has 0 saturated heterocycles. The van der Waals surface area contributed by atoms with E-state index in [1.807, 2.05) is 114 Å². The minimum absolute atomic E-state index is 0.0595. The molecular formula is C62H50. The van der Waals surface area contributed by atoms with Gasteiger partial charge in [-0.3, -0.25) is 0 Å². The normalized spacial score (nSPS) is 16.0. The largest absolute Gasteiger partial charge is 0.0629 e. The second kappa shape index (κ2) is 14.3. The van der Waals surface area contributed by atoms with Gasteiger partial charge in [-0.1, -0.05) is 223 Å². The Balaban J connectivity index is 1.30. The highest BCUT2D eigenvalue weighted by Gasteiger charge is 2.22. The van der Waals surface area contributed by atoms with E-state index in [1.54, 1.807) is 24.3 Å². The first-order valence-electron chi connectivity index (χ1n) is 28.8. The summed E-state index contributed by atoms with van der Waals surface area (Å²) in [5.74, 6) is 0. The fourth-order valence-electron chi connectivity index (χ4n) is 9.05. The Morgan fingerprint density at radius 2 is 0.548 bits per heavy atom. The molecule has 0 bridgehead atoms. The van der Waals surface area contributed by atoms with Crippen molar-refractivity contribution in [2.45, 2.75) is 52.4 Å². The van der Waals surface area contributed by atoms with Crippen LogP contribution in [-0.2, 0) is 10.8 Å². The molecule has 11 rings (SSSR count). The smallest absolute Gasteiger partial charge is 0.0616 e. The van der Waals surface area contributed by atoms with Gasteiger partial charge in [0.25, 0.3) is 0 Å². The van der Waals surface area contributed by atoms with Crippen molar-refractivity contribution in [2.75, 3.05) is 0 Å². The van der Waals surface area contributed by atoms with Crippen LogP contribution in [-0.4, -0.2) is 0 Å². The van der Waals surface area contributed by atoms with E-state index in [2.05, 4.69) is 0 Å². The second-order valence-electron chi connectivity index (χ2n) is 18.1. The minimum atomic E-state index is -0.525. The van der Waals surface area contributed by atoms with Crippen LogP contribution in [0.25, 0.3) is 109 Å². The van der Waals surface area contributed by atoms with Gasteiger partial charge in [0, 0.05) is 0 Å². The van der Waals surface area contributed by atoms with E-state index >= 15 is 0 Å². The van der Waals surface area contributed by atoms with E-state index in [9.17, 15) is 11.0 Å². The summed E-state index contributed by atoms with van der Waals surface area (Å²) in [6.45, 7) is 12.2. The topological polar surface area (TPSA) is 0 Å². The number of benzene rings is 11. The molecule has 0 spiro atoms. The van der Waals surface area contributed by atoms with Gasteiger partial charge in [0.05, 0.1) is 21.9 Å². The molecule has 62 heavy (non-hydrogen) atoms. The van der Waals surface area contributed by atoms with Crippen molar-refractivity contribution >= 4 is 64.6 Å². The summed E-state index contributed by atoms with van der Waals surface area (Å²) in [5, 5.41) is 3.20. The molecule has 0 unspecified atom stereocenters. The zero-order valence-corrected chi connectivity index (χ0v) is 35.2. The molecule has 11 aromatic rings. The summed E-state index contributed by atoms with van der Waals surface area (Å²) in [4.78, 5) is 0. The third-order valence-electron chi connectivity index (χ3n) is 12.2. The number of hydrogen-bond acceptors (Lipinski definition) is 0. The molecule has 0 aliphatic carbocycles. The molecule has 0 fully saturated rings. The van der Waals surface area contributed by atoms with Gasteiger partial charge in [-0.25, -0.2) is 0 Å². The Labute approximate surface area is 387 Å². The number of fused-ring (bicyclic) bond motifs is 7. The summed E-state index contributed by atoms with van der Waals surface area (Å²) in [6.07, 6.45) is 0. The van der Waals surface area contributed by atoms with Crippen molar-refractivity contribution in [2.24, 2.45) is 0 Å². The second-order valence-corrected chi connectivity index (χ2v) is 18.1. The van der Waals surface area contributed by atoms with Gasteiger partial charge in [0.1, 0.15) is 0 Å². The molecule has 11 aromatic carbocycles. The minimum Gasteiger partial charge on any atom is -0.0616 e. The Bertz CT molecular complexity index is 4080. The summed E-state index contributed by atoms with van der Waals surface area (Å²) in [7, 11) is 0. The van der Waals surface area contributed by atoms with E-state index < -0.39 is 72.5 Å². The average Bonchev–Trinajstić information content (AvgIpc) is 3.37. The van der Waals surface area contributed by atoms with Gasteiger partial charge < -0.3 is 0 Å². The predicted molar refractivity (Wildman–Crippen MR) is 271 cm³/mol. The Morgan fingerprint density at radius 3 is 0.823 bits per heavy atom. The summed E-state index contributed by atoms with van der Waals surface area (Å²) in [6, 6.07) is 22.3. The van der Waals surface area contributed by atoms with Crippen molar-refractivity contribution in [1.29, 1.82) is 0 Å². The van der Waals surface area contributed by atoms with Crippen LogP contribution in [0.5, 0.6) is 0 Å². The maximum Gasteiger partial charge on any atom is 0.0629 e. The number of hydrogen-bond donors (Lipinski definition) is 0. The molecule has 0 saturated carbocycles. The maximum atomic E-state index is 9.60. The van der Waals surface area contributed by atoms with Crippen molar-refractivity contribution in [3.63, 3.8) is 0 Å². The van der Waals surface area contributed by atoms with Crippen LogP contribution in [0.1, 0.15) is 74.6 Å². The Kier molecular flexibility index (Phi) is 5.63. The lowest BCUT2D eigenvalue weighted by molar-refractivity contribution is 0.590. The fraction of sp³-hybridized carbons (Fsp3) is 0.129. The Hall–Kier alpha value is -7.02. The molecule has 0 aromatic heterocycles. The van der Waals surface area contributed by atoms with Gasteiger partial charge in [0.2, 0.25) is 0 Å². The molecule has 0 amide bonds. The zero-order chi connectivity index (χ0) is 56.3. The van der Waals surface area contributed by atoms with Gasteiger partial charge in [-0.2, -0.15) is 0 Å².